The van der Waals surface area contributed by atoms with E-state index in [1.807, 2.05) is 11.8 Å². The van der Waals surface area contributed by atoms with E-state index in [1.54, 1.807) is 0 Å². The zero-order valence-electron chi connectivity index (χ0n) is 11.5. The first kappa shape index (κ1) is 15.4. The van der Waals surface area contributed by atoms with Gasteiger partial charge in [-0.3, -0.25) is 0 Å². The molecular formula is C13H18F3N3S. The largest absolute Gasteiger partial charge is 0.419 e. The number of hydrogen-bond acceptors (Lipinski definition) is 4. The zero-order valence-corrected chi connectivity index (χ0v) is 12.3. The van der Waals surface area contributed by atoms with Gasteiger partial charge in [0.2, 0.25) is 0 Å². The van der Waals surface area contributed by atoms with Crippen molar-refractivity contribution in [3.05, 3.63) is 17.7 Å². The summed E-state index contributed by atoms with van der Waals surface area (Å²) >= 11 is 1.13. The van der Waals surface area contributed by atoms with Crippen LogP contribution in [-0.2, 0) is 6.18 Å². The number of pyridine rings is 1. The highest BCUT2D eigenvalue weighted by Crippen LogP contribution is 2.36. The van der Waals surface area contributed by atoms with Crippen LogP contribution in [0.25, 0.3) is 0 Å². The smallest absolute Gasteiger partial charge is 0.354 e. The van der Waals surface area contributed by atoms with Crippen LogP contribution < -0.4 is 10.2 Å². The van der Waals surface area contributed by atoms with Crippen molar-refractivity contribution in [3.63, 3.8) is 0 Å². The summed E-state index contributed by atoms with van der Waals surface area (Å²) in [5.74, 6) is 1.19. The summed E-state index contributed by atoms with van der Waals surface area (Å²) in [6.45, 7) is 6.22. The SMILES string of the molecule is CCSc1nc(N2CCN[C@H](C)C2)ccc1C(F)(F)F. The molecule has 112 valence electrons. The van der Waals surface area contributed by atoms with Gasteiger partial charge in [0.1, 0.15) is 10.8 Å². The Kier molecular flexibility index (Phi) is 4.80. The topological polar surface area (TPSA) is 28.2 Å². The van der Waals surface area contributed by atoms with Gasteiger partial charge >= 0.3 is 6.18 Å². The second-order valence-corrected chi connectivity index (χ2v) is 6.01. The van der Waals surface area contributed by atoms with Crippen molar-refractivity contribution in [2.45, 2.75) is 31.1 Å². The second-order valence-electron chi connectivity index (χ2n) is 4.75. The Balaban J connectivity index is 2.29. The van der Waals surface area contributed by atoms with Crippen molar-refractivity contribution in [2.24, 2.45) is 0 Å². The number of halogens is 3. The summed E-state index contributed by atoms with van der Waals surface area (Å²) in [6.07, 6.45) is -4.35. The lowest BCUT2D eigenvalue weighted by atomic mass is 10.2. The van der Waals surface area contributed by atoms with Gasteiger partial charge in [-0.1, -0.05) is 6.92 Å². The number of piperazine rings is 1. The monoisotopic (exact) mass is 305 g/mol. The number of thioether (sulfide) groups is 1. The van der Waals surface area contributed by atoms with Crippen LogP contribution in [0.5, 0.6) is 0 Å². The Morgan fingerprint density at radius 2 is 2.20 bits per heavy atom. The minimum atomic E-state index is -4.35. The van der Waals surface area contributed by atoms with E-state index in [2.05, 4.69) is 17.2 Å². The van der Waals surface area contributed by atoms with Gasteiger partial charge in [0.25, 0.3) is 0 Å². The second kappa shape index (κ2) is 6.22. The predicted octanol–water partition coefficient (Wildman–Crippen LogP) is 3.01. The minimum Gasteiger partial charge on any atom is -0.354 e. The third-order valence-electron chi connectivity index (χ3n) is 3.12. The minimum absolute atomic E-state index is 0.0729. The molecule has 0 aromatic carbocycles. The van der Waals surface area contributed by atoms with E-state index in [4.69, 9.17) is 0 Å². The van der Waals surface area contributed by atoms with Crippen LogP contribution in [-0.4, -0.2) is 36.4 Å². The fourth-order valence-electron chi connectivity index (χ4n) is 2.21. The maximum Gasteiger partial charge on any atom is 0.419 e. The molecule has 7 heteroatoms. The summed E-state index contributed by atoms with van der Waals surface area (Å²) in [4.78, 5) is 6.26. The van der Waals surface area contributed by atoms with E-state index < -0.39 is 11.7 Å². The molecule has 1 aliphatic heterocycles. The third kappa shape index (κ3) is 3.58. The molecule has 1 atom stereocenters. The molecule has 0 aliphatic carbocycles. The fraction of sp³-hybridized carbons (Fsp3) is 0.615. The molecule has 2 rings (SSSR count). The van der Waals surface area contributed by atoms with Crippen molar-refractivity contribution in [1.29, 1.82) is 0 Å². The zero-order chi connectivity index (χ0) is 14.8. The highest BCUT2D eigenvalue weighted by Gasteiger charge is 2.34. The summed E-state index contributed by atoms with van der Waals surface area (Å²) in [7, 11) is 0. The van der Waals surface area contributed by atoms with Crippen molar-refractivity contribution in [1.82, 2.24) is 10.3 Å². The highest BCUT2D eigenvalue weighted by molar-refractivity contribution is 7.99. The van der Waals surface area contributed by atoms with Crippen molar-refractivity contribution >= 4 is 17.6 Å². The van der Waals surface area contributed by atoms with Gasteiger partial charge in [-0.05, 0) is 24.8 Å². The van der Waals surface area contributed by atoms with Gasteiger partial charge in [0.15, 0.2) is 0 Å². The van der Waals surface area contributed by atoms with Gasteiger partial charge in [-0.15, -0.1) is 11.8 Å². The van der Waals surface area contributed by atoms with Crippen molar-refractivity contribution < 1.29 is 13.2 Å². The van der Waals surface area contributed by atoms with E-state index in [1.165, 1.54) is 6.07 Å². The molecule has 1 aromatic rings. The Bertz CT molecular complexity index is 465. The molecule has 0 spiro atoms. The Morgan fingerprint density at radius 3 is 2.80 bits per heavy atom. The number of rotatable bonds is 3. The van der Waals surface area contributed by atoms with Crippen molar-refractivity contribution in [2.75, 3.05) is 30.3 Å². The number of aromatic nitrogens is 1. The molecule has 1 saturated heterocycles. The van der Waals surface area contributed by atoms with Crippen LogP contribution in [0.4, 0.5) is 19.0 Å². The lowest BCUT2D eigenvalue weighted by molar-refractivity contribution is -0.140. The molecule has 20 heavy (non-hydrogen) atoms. The van der Waals surface area contributed by atoms with Crippen LogP contribution in [0.2, 0.25) is 0 Å². The number of nitrogens with zero attached hydrogens (tertiary/aromatic N) is 2. The molecule has 1 N–H and O–H groups in total. The maximum atomic E-state index is 12.9. The average molecular weight is 305 g/mol. The van der Waals surface area contributed by atoms with Gasteiger partial charge in [-0.25, -0.2) is 4.98 Å². The van der Waals surface area contributed by atoms with Crippen LogP contribution >= 0.6 is 11.8 Å². The third-order valence-corrected chi connectivity index (χ3v) is 4.00. The van der Waals surface area contributed by atoms with Crippen molar-refractivity contribution in [3.8, 4) is 0 Å². The van der Waals surface area contributed by atoms with Gasteiger partial charge in [-0.2, -0.15) is 13.2 Å². The standard InChI is InChI=1S/C13H18F3N3S/c1-3-20-12-10(13(14,15)16)4-5-11(18-12)19-7-6-17-9(2)8-19/h4-5,9,17H,3,6-8H2,1-2H3/t9-/m1/s1. The quantitative estimate of drug-likeness (QED) is 0.869. The molecule has 3 nitrogen and oxygen atoms in total. The van der Waals surface area contributed by atoms with Crippen LogP contribution in [0.15, 0.2) is 17.2 Å². The van der Waals surface area contributed by atoms with E-state index in [0.29, 0.717) is 17.6 Å². The average Bonchev–Trinajstić information content (AvgIpc) is 2.38. The highest BCUT2D eigenvalue weighted by atomic mass is 32.2. The Morgan fingerprint density at radius 1 is 1.45 bits per heavy atom. The summed E-state index contributed by atoms with van der Waals surface area (Å²) in [6, 6.07) is 2.93. The van der Waals surface area contributed by atoms with Crippen LogP contribution in [0.3, 0.4) is 0 Å². The molecule has 0 saturated carbocycles. The summed E-state index contributed by atoms with van der Waals surface area (Å²) < 4.78 is 38.8. The predicted molar refractivity (Wildman–Crippen MR) is 75.3 cm³/mol. The molecule has 0 unspecified atom stereocenters. The Labute approximate surface area is 120 Å². The molecule has 0 radical (unpaired) electrons. The molecule has 1 aliphatic rings. The number of alkyl halides is 3. The molecule has 0 bridgehead atoms. The summed E-state index contributed by atoms with van der Waals surface area (Å²) in [5.41, 5.74) is -0.642. The first-order valence-corrected chi connectivity index (χ1v) is 7.59. The number of hydrogen-bond donors (Lipinski definition) is 1. The van der Waals surface area contributed by atoms with Crippen LogP contribution in [0.1, 0.15) is 19.4 Å². The van der Waals surface area contributed by atoms with Gasteiger partial charge in [0, 0.05) is 25.7 Å². The van der Waals surface area contributed by atoms with Crippen LogP contribution in [0, 0.1) is 0 Å². The van der Waals surface area contributed by atoms with E-state index in [0.717, 1.165) is 37.5 Å². The number of anilines is 1. The van der Waals surface area contributed by atoms with E-state index >= 15 is 0 Å². The lowest BCUT2D eigenvalue weighted by Gasteiger charge is -2.33. The first-order valence-electron chi connectivity index (χ1n) is 6.61. The van der Waals surface area contributed by atoms with E-state index in [9.17, 15) is 13.2 Å². The molecule has 1 aromatic heterocycles. The van der Waals surface area contributed by atoms with Gasteiger partial charge in [0.05, 0.1) is 5.56 Å². The lowest BCUT2D eigenvalue weighted by Crippen LogP contribution is -2.49. The Hall–Kier alpha value is -0.950. The summed E-state index contributed by atoms with van der Waals surface area (Å²) in [5, 5.41) is 3.38. The fourth-order valence-corrected chi connectivity index (χ4v) is 2.98. The maximum absolute atomic E-state index is 12.9. The van der Waals surface area contributed by atoms with Gasteiger partial charge < -0.3 is 10.2 Å². The molecule has 0 amide bonds. The van der Waals surface area contributed by atoms with E-state index in [-0.39, 0.29) is 5.03 Å². The normalized spacial score (nSPS) is 20.2. The first-order chi connectivity index (χ1) is 9.41. The molecule has 1 fully saturated rings. The molecular weight excluding hydrogens is 287 g/mol. The number of nitrogens with one attached hydrogen (secondary N) is 1. The molecule has 2 heterocycles.